The van der Waals surface area contributed by atoms with Crippen LogP contribution in [-0.2, 0) is 28.4 Å². The van der Waals surface area contributed by atoms with Gasteiger partial charge in [0.15, 0.2) is 0 Å². The van der Waals surface area contributed by atoms with Crippen LogP contribution in [0.15, 0.2) is 42.6 Å². The first-order valence-corrected chi connectivity index (χ1v) is 20.5. The molecule has 3 aliphatic rings. The lowest BCUT2D eigenvalue weighted by molar-refractivity contribution is 0.0561. The second-order valence-electron chi connectivity index (χ2n) is 15.4. The summed E-state index contributed by atoms with van der Waals surface area (Å²) in [7, 11) is -0.333. The fourth-order valence-electron chi connectivity index (χ4n) is 8.42. The lowest BCUT2D eigenvalue weighted by Gasteiger charge is -2.27. The highest BCUT2D eigenvalue weighted by molar-refractivity contribution is 7.90. The summed E-state index contributed by atoms with van der Waals surface area (Å²) in [5.41, 5.74) is 7.40. The fourth-order valence-corrected chi connectivity index (χ4v) is 9.03. The molecular weight excluding hydrogens is 691 g/mol. The van der Waals surface area contributed by atoms with Gasteiger partial charge in [0, 0.05) is 35.7 Å². The predicted octanol–water partition coefficient (Wildman–Crippen LogP) is 7.05. The number of allylic oxidation sites excluding steroid dienone is 1. The van der Waals surface area contributed by atoms with Crippen LogP contribution < -0.4 is 14.8 Å². The van der Waals surface area contributed by atoms with Gasteiger partial charge in [-0.15, -0.1) is 0 Å². The molecule has 53 heavy (non-hydrogen) atoms. The number of carbonyl (C=O) groups excluding carboxylic acids is 2. The van der Waals surface area contributed by atoms with Gasteiger partial charge >= 0.3 is 0 Å². The Kier molecular flexibility index (Phi) is 10.3. The zero-order valence-corrected chi connectivity index (χ0v) is 32.4. The molecule has 1 aliphatic carbocycles. The topological polar surface area (TPSA) is 134 Å². The van der Waals surface area contributed by atoms with Crippen molar-refractivity contribution in [1.29, 1.82) is 0 Å². The number of fused-ring (bicyclic) bond motifs is 5. The number of ether oxygens (including phenoxy) is 2. The predicted molar refractivity (Wildman–Crippen MR) is 207 cm³/mol. The second kappa shape index (κ2) is 14.8. The summed E-state index contributed by atoms with van der Waals surface area (Å²) >= 11 is 0. The number of hydrogen-bond acceptors (Lipinski definition) is 7. The molecule has 0 spiro atoms. The van der Waals surface area contributed by atoms with Crippen molar-refractivity contribution < 1.29 is 27.5 Å². The molecule has 1 saturated heterocycles. The summed E-state index contributed by atoms with van der Waals surface area (Å²) in [6.45, 7) is 8.37. The summed E-state index contributed by atoms with van der Waals surface area (Å²) in [6.07, 6.45) is 11.2. The van der Waals surface area contributed by atoms with Gasteiger partial charge in [-0.05, 0) is 104 Å². The molecule has 4 heterocycles. The van der Waals surface area contributed by atoms with E-state index in [4.69, 9.17) is 9.47 Å². The van der Waals surface area contributed by atoms with Crippen LogP contribution in [0.5, 0.6) is 5.75 Å². The van der Waals surface area contributed by atoms with Gasteiger partial charge in [-0.3, -0.25) is 14.3 Å². The minimum atomic E-state index is -3.84. The third kappa shape index (κ3) is 7.03. The Morgan fingerprint density at radius 1 is 0.962 bits per heavy atom. The zero-order chi connectivity index (χ0) is 37.6. The Balaban J connectivity index is 1.40. The van der Waals surface area contributed by atoms with Crippen molar-refractivity contribution in [2.45, 2.75) is 102 Å². The first kappa shape index (κ1) is 36.9. The molecule has 2 atom stereocenters. The van der Waals surface area contributed by atoms with Crippen molar-refractivity contribution in [3.05, 3.63) is 70.5 Å². The van der Waals surface area contributed by atoms with Crippen molar-refractivity contribution in [3.63, 3.8) is 0 Å². The maximum absolute atomic E-state index is 14.2. The molecule has 12 heteroatoms. The molecule has 1 saturated carbocycles. The van der Waals surface area contributed by atoms with E-state index in [1.165, 1.54) is 12.0 Å². The number of methoxy groups -OCH3 is 1. The minimum absolute atomic E-state index is 0.0376. The number of benzene rings is 2. The number of amides is 2. The van der Waals surface area contributed by atoms with E-state index in [2.05, 4.69) is 45.7 Å². The molecule has 2 aromatic carbocycles. The lowest BCUT2D eigenvalue weighted by atomic mass is 9.81. The summed E-state index contributed by atoms with van der Waals surface area (Å²) in [5, 5.41) is 8.18. The van der Waals surface area contributed by atoms with Gasteiger partial charge in [0.2, 0.25) is 10.0 Å². The number of sulfonamides is 1. The zero-order valence-electron chi connectivity index (χ0n) is 31.6. The number of aromatic nitrogens is 3. The Bertz CT molecular complexity index is 2180. The Morgan fingerprint density at radius 3 is 2.42 bits per heavy atom. The van der Waals surface area contributed by atoms with Gasteiger partial charge in [-0.1, -0.05) is 39.2 Å². The monoisotopic (exact) mass is 741 g/mol. The van der Waals surface area contributed by atoms with Crippen molar-refractivity contribution in [2.75, 3.05) is 13.7 Å². The summed E-state index contributed by atoms with van der Waals surface area (Å²) < 4.78 is 43.4. The lowest BCUT2D eigenvalue weighted by Crippen LogP contribution is -2.46. The number of carbonyl (C=O) groups is 2. The maximum atomic E-state index is 14.2. The largest absolute Gasteiger partial charge is 0.497 e. The summed E-state index contributed by atoms with van der Waals surface area (Å²) in [5.74, 6) is 0.328. The number of rotatable bonds is 10. The van der Waals surface area contributed by atoms with E-state index in [-0.39, 0.29) is 29.5 Å². The van der Waals surface area contributed by atoms with Crippen LogP contribution in [0.1, 0.15) is 116 Å². The number of nitrogens with one attached hydrogen (secondary N) is 2. The quantitative estimate of drug-likeness (QED) is 0.178. The average Bonchev–Trinajstić information content (AvgIpc) is 3.86. The van der Waals surface area contributed by atoms with Gasteiger partial charge in [0.1, 0.15) is 5.75 Å². The van der Waals surface area contributed by atoms with E-state index in [9.17, 15) is 18.0 Å². The normalized spacial score (nSPS) is 18.4. The van der Waals surface area contributed by atoms with E-state index >= 15 is 0 Å². The molecule has 2 aromatic heterocycles. The maximum Gasteiger partial charge on any atom is 0.264 e. The molecule has 282 valence electrons. The average molecular weight is 742 g/mol. The molecular formula is C41H51N5O6S. The van der Waals surface area contributed by atoms with E-state index in [1.807, 2.05) is 31.3 Å². The van der Waals surface area contributed by atoms with Crippen LogP contribution in [0.25, 0.3) is 33.8 Å². The first-order valence-electron chi connectivity index (χ1n) is 18.9. The van der Waals surface area contributed by atoms with Crippen molar-refractivity contribution >= 4 is 44.4 Å². The second-order valence-corrected chi connectivity index (χ2v) is 17.6. The summed E-state index contributed by atoms with van der Waals surface area (Å²) in [6, 6.07) is 11.5. The molecule has 7 rings (SSSR count). The highest BCUT2D eigenvalue weighted by Gasteiger charge is 2.34. The molecule has 2 amide bonds. The number of hydrogen-bond donors (Lipinski definition) is 2. The van der Waals surface area contributed by atoms with Crippen molar-refractivity contribution in [1.82, 2.24) is 24.4 Å². The van der Waals surface area contributed by atoms with Crippen LogP contribution >= 0.6 is 0 Å². The Labute approximate surface area is 312 Å². The third-order valence-electron chi connectivity index (χ3n) is 11.3. The Morgan fingerprint density at radius 2 is 1.74 bits per heavy atom. The van der Waals surface area contributed by atoms with Crippen LogP contribution in [0.4, 0.5) is 0 Å². The van der Waals surface area contributed by atoms with Crippen LogP contribution in [0, 0.1) is 5.92 Å². The van der Waals surface area contributed by atoms with Gasteiger partial charge in [-0.25, -0.2) is 13.1 Å². The fraction of sp³-hybridized carbons (Fsp3) is 0.488. The first-order chi connectivity index (χ1) is 25.4. The molecule has 0 bridgehead atoms. The van der Waals surface area contributed by atoms with Crippen molar-refractivity contribution in [3.8, 4) is 17.0 Å². The van der Waals surface area contributed by atoms with Crippen molar-refractivity contribution in [2.24, 2.45) is 13.0 Å². The molecule has 2 fully saturated rings. The van der Waals surface area contributed by atoms with Gasteiger partial charge in [-0.2, -0.15) is 5.10 Å². The van der Waals surface area contributed by atoms with Crippen LogP contribution in [-0.4, -0.2) is 65.7 Å². The summed E-state index contributed by atoms with van der Waals surface area (Å²) in [4.78, 5) is 27.7. The van der Waals surface area contributed by atoms with E-state index in [1.54, 1.807) is 37.9 Å². The highest BCUT2D eigenvalue weighted by Crippen LogP contribution is 2.48. The molecule has 2 unspecified atom stereocenters. The van der Waals surface area contributed by atoms with E-state index in [0.717, 1.165) is 71.8 Å². The highest BCUT2D eigenvalue weighted by atomic mass is 32.2. The smallest absolute Gasteiger partial charge is 0.264 e. The van der Waals surface area contributed by atoms with Crippen LogP contribution in [0.3, 0.4) is 0 Å². The molecule has 0 radical (unpaired) electrons. The molecule has 2 N–H and O–H groups in total. The molecule has 4 aromatic rings. The third-order valence-corrected chi connectivity index (χ3v) is 13.0. The number of nitrogens with zero attached hydrogens (tertiary/aromatic N) is 3. The molecule has 2 aliphatic heterocycles. The standard InChI is InChI=1S/C41H51N5O6S/c1-24(2)37(35-13-10-18-52-35)43-41(48)33-22-42-45(5)38(33)29-19-28-20-30(51-6)15-17-31(28)39-36(26-11-8-7-9-12-26)32-16-14-27(21-34(32)46(39)23-29)40(47)44-53(49,50)25(3)4/h14-17,19-22,24-26,35,37H,7-13,18,23H2,1-6H3,(H,43,48)(H,44,47). The SMILES string of the molecule is COc1ccc2c(c1)C=C(c1c(C(=O)NC(C(C)C)C3CCCO3)cnn1C)Cn1c-2c(C2CCCCC2)c2ccc(C(=O)NS(=O)(=O)C(C)C)cc21. The number of aryl methyl sites for hydroxylation is 1. The molecule has 11 nitrogen and oxygen atoms in total. The van der Waals surface area contributed by atoms with Gasteiger partial charge in [0.05, 0.1) is 54.2 Å². The minimum Gasteiger partial charge on any atom is -0.497 e. The Hall–Kier alpha value is -4.42. The van der Waals surface area contributed by atoms with Gasteiger partial charge < -0.3 is 19.4 Å². The van der Waals surface area contributed by atoms with Crippen LogP contribution in [0.2, 0.25) is 0 Å². The van der Waals surface area contributed by atoms with E-state index in [0.29, 0.717) is 36.1 Å². The van der Waals surface area contributed by atoms with E-state index < -0.39 is 21.2 Å². The van der Waals surface area contributed by atoms with Gasteiger partial charge in [0.25, 0.3) is 11.8 Å².